The highest BCUT2D eigenvalue weighted by molar-refractivity contribution is 7.80. The Morgan fingerprint density at radius 3 is 2.48 bits per heavy atom. The van der Waals surface area contributed by atoms with E-state index < -0.39 is 12.1 Å². The molecule has 0 aromatic heterocycles. The molecule has 1 aliphatic rings. The quantitative estimate of drug-likeness (QED) is 0.263. The van der Waals surface area contributed by atoms with Crippen LogP contribution in [0, 0.1) is 0 Å². The number of hydrogen-bond donors (Lipinski definition) is 1. The largest absolute Gasteiger partial charge is 0.399 e. The molecule has 1 aliphatic carbocycles. The van der Waals surface area contributed by atoms with Crippen molar-refractivity contribution in [2.75, 3.05) is 7.05 Å². The van der Waals surface area contributed by atoms with Crippen LogP contribution >= 0.6 is 47.0 Å². The SMILES string of the molecule is CNC(=S)/N=C/C1CCc2cc(/C=C/C(c3cc(Cl)c(Cl)c(Cl)c3)C(F)(F)F)ccc21. The van der Waals surface area contributed by atoms with Gasteiger partial charge in [-0.15, -0.1) is 0 Å². The molecule has 9 heteroatoms. The molecule has 2 nitrogen and oxygen atoms in total. The van der Waals surface area contributed by atoms with Gasteiger partial charge in [0.2, 0.25) is 0 Å². The first-order valence-corrected chi connectivity index (χ1v) is 10.9. The lowest BCUT2D eigenvalue weighted by atomic mass is 9.96. The van der Waals surface area contributed by atoms with Crippen LogP contribution in [0.4, 0.5) is 13.2 Å². The van der Waals surface area contributed by atoms with E-state index >= 15 is 0 Å². The van der Waals surface area contributed by atoms with Gasteiger partial charge in [0.15, 0.2) is 5.11 Å². The van der Waals surface area contributed by atoms with Gasteiger partial charge in [-0.1, -0.05) is 65.2 Å². The van der Waals surface area contributed by atoms with Gasteiger partial charge in [-0.05, 0) is 59.4 Å². The third-order valence-electron chi connectivity index (χ3n) is 5.08. The summed E-state index contributed by atoms with van der Waals surface area (Å²) in [6.07, 6.45) is 1.58. The Morgan fingerprint density at radius 1 is 1.19 bits per heavy atom. The Hall–Kier alpha value is -1.60. The Balaban J connectivity index is 1.86. The highest BCUT2D eigenvalue weighted by atomic mass is 35.5. The maximum Gasteiger partial charge on any atom is 0.399 e. The molecular weight excluding hydrogens is 488 g/mol. The molecule has 3 rings (SSSR count). The maximum atomic E-state index is 13.7. The van der Waals surface area contributed by atoms with Crippen LogP contribution in [0.1, 0.15) is 40.5 Å². The van der Waals surface area contributed by atoms with Gasteiger partial charge in [0.05, 0.1) is 21.0 Å². The first-order valence-electron chi connectivity index (χ1n) is 9.38. The van der Waals surface area contributed by atoms with E-state index in [-0.39, 0.29) is 26.5 Å². The predicted octanol–water partition coefficient (Wildman–Crippen LogP) is 7.61. The van der Waals surface area contributed by atoms with Crippen LogP contribution < -0.4 is 5.32 Å². The van der Waals surface area contributed by atoms with E-state index in [0.29, 0.717) is 10.7 Å². The van der Waals surface area contributed by atoms with Crippen molar-refractivity contribution in [2.45, 2.75) is 30.9 Å². The lowest BCUT2D eigenvalue weighted by molar-refractivity contribution is -0.139. The van der Waals surface area contributed by atoms with Gasteiger partial charge in [-0.3, -0.25) is 0 Å². The van der Waals surface area contributed by atoms with E-state index in [4.69, 9.17) is 47.0 Å². The fourth-order valence-corrected chi connectivity index (χ4v) is 4.20. The number of thiocarbonyl (C=S) groups is 1. The van der Waals surface area contributed by atoms with Gasteiger partial charge < -0.3 is 5.32 Å². The second-order valence-electron chi connectivity index (χ2n) is 7.11. The molecule has 2 unspecified atom stereocenters. The zero-order chi connectivity index (χ0) is 22.8. The Labute approximate surface area is 199 Å². The maximum absolute atomic E-state index is 13.7. The van der Waals surface area contributed by atoms with Gasteiger partial charge in [0, 0.05) is 19.2 Å². The van der Waals surface area contributed by atoms with E-state index in [1.807, 2.05) is 18.3 Å². The molecule has 0 fully saturated rings. The van der Waals surface area contributed by atoms with Crippen LogP contribution in [0.25, 0.3) is 6.08 Å². The monoisotopic (exact) mass is 504 g/mol. The zero-order valence-corrected chi connectivity index (χ0v) is 19.4. The number of benzene rings is 2. The van der Waals surface area contributed by atoms with Gasteiger partial charge in [0.25, 0.3) is 0 Å². The van der Waals surface area contributed by atoms with Crippen molar-refractivity contribution >= 4 is 64.4 Å². The lowest BCUT2D eigenvalue weighted by Crippen LogP contribution is -2.19. The third-order valence-corrected chi connectivity index (χ3v) is 6.58. The van der Waals surface area contributed by atoms with Gasteiger partial charge in [0.1, 0.15) is 0 Å². The predicted molar refractivity (Wildman–Crippen MR) is 127 cm³/mol. The highest BCUT2D eigenvalue weighted by Crippen LogP contribution is 2.41. The minimum atomic E-state index is -4.51. The van der Waals surface area contributed by atoms with E-state index in [1.54, 1.807) is 13.1 Å². The van der Waals surface area contributed by atoms with E-state index in [1.165, 1.54) is 18.2 Å². The smallest absolute Gasteiger partial charge is 0.364 e. The molecule has 0 heterocycles. The number of alkyl halides is 3. The zero-order valence-electron chi connectivity index (χ0n) is 16.3. The standard InChI is InChI=1S/C22H18Cl3F3N2S/c1-29-21(31)30-11-14-5-4-13-8-12(2-6-16(13)14)3-7-17(22(26,27)28)15-9-18(23)20(25)19(24)10-15/h2-3,6-11,14,17H,4-5H2,1H3,(H,29,31)/b7-3+,30-11+. The number of allylic oxidation sites excluding steroid dienone is 1. The number of aliphatic imine (C=N–C) groups is 1. The Bertz CT molecular complexity index is 1030. The first kappa shape index (κ1) is 24.1. The molecule has 0 bridgehead atoms. The Morgan fingerprint density at radius 2 is 1.87 bits per heavy atom. The number of aryl methyl sites for hydroxylation is 1. The lowest BCUT2D eigenvalue weighted by Gasteiger charge is -2.18. The summed E-state index contributed by atoms with van der Waals surface area (Å²) in [7, 11) is 1.71. The van der Waals surface area contributed by atoms with Crippen LogP contribution in [-0.4, -0.2) is 24.6 Å². The molecule has 0 saturated carbocycles. The van der Waals surface area contributed by atoms with Gasteiger partial charge >= 0.3 is 6.18 Å². The number of nitrogens with zero attached hydrogens (tertiary/aromatic N) is 1. The number of rotatable bonds is 4. The summed E-state index contributed by atoms with van der Waals surface area (Å²) in [5, 5.41) is 3.20. The molecule has 0 radical (unpaired) electrons. The van der Waals surface area contributed by atoms with E-state index in [9.17, 15) is 13.2 Å². The molecule has 2 atom stereocenters. The second-order valence-corrected chi connectivity index (χ2v) is 8.69. The van der Waals surface area contributed by atoms with E-state index in [0.717, 1.165) is 30.0 Å². The van der Waals surface area contributed by atoms with Crippen LogP contribution in [-0.2, 0) is 6.42 Å². The summed E-state index contributed by atoms with van der Waals surface area (Å²) in [6, 6.07) is 8.03. The summed E-state index contributed by atoms with van der Waals surface area (Å²) in [5.41, 5.74) is 2.82. The molecular formula is C22H18Cl3F3N2S. The summed E-state index contributed by atoms with van der Waals surface area (Å²) >= 11 is 22.8. The average Bonchev–Trinajstić information content (AvgIpc) is 3.11. The molecule has 164 valence electrons. The summed E-state index contributed by atoms with van der Waals surface area (Å²) in [4.78, 5) is 4.21. The molecule has 0 amide bonds. The van der Waals surface area contributed by atoms with Crippen molar-refractivity contribution in [3.63, 3.8) is 0 Å². The van der Waals surface area contributed by atoms with E-state index in [2.05, 4.69) is 10.3 Å². The molecule has 1 N–H and O–H groups in total. The number of nitrogens with one attached hydrogen (secondary N) is 1. The normalized spacial score (nSPS) is 17.3. The van der Waals surface area contributed by atoms with Gasteiger partial charge in [-0.25, -0.2) is 4.99 Å². The van der Waals surface area contributed by atoms with Crippen LogP contribution in [0.5, 0.6) is 0 Å². The van der Waals surface area contributed by atoms with Crippen molar-refractivity contribution < 1.29 is 13.2 Å². The molecule has 0 aliphatic heterocycles. The van der Waals surface area contributed by atoms with Crippen molar-refractivity contribution in [2.24, 2.45) is 4.99 Å². The number of hydrogen-bond acceptors (Lipinski definition) is 1. The highest BCUT2D eigenvalue weighted by Gasteiger charge is 2.39. The van der Waals surface area contributed by atoms with Crippen molar-refractivity contribution in [3.8, 4) is 0 Å². The topological polar surface area (TPSA) is 24.4 Å². The summed E-state index contributed by atoms with van der Waals surface area (Å²) in [5.74, 6) is -1.73. The fraction of sp³-hybridized carbons (Fsp3) is 0.273. The molecule has 2 aromatic carbocycles. The second kappa shape index (κ2) is 9.90. The fourth-order valence-electron chi connectivity index (χ4n) is 3.52. The number of fused-ring (bicyclic) bond motifs is 1. The van der Waals surface area contributed by atoms with Crippen molar-refractivity contribution in [1.82, 2.24) is 5.32 Å². The van der Waals surface area contributed by atoms with Crippen molar-refractivity contribution in [3.05, 3.63) is 73.7 Å². The Kier molecular flexibility index (Phi) is 7.68. The summed E-state index contributed by atoms with van der Waals surface area (Å²) in [6.45, 7) is 0. The third kappa shape index (κ3) is 5.80. The molecule has 2 aromatic rings. The summed E-state index contributed by atoms with van der Waals surface area (Å²) < 4.78 is 41.2. The van der Waals surface area contributed by atoms with Crippen molar-refractivity contribution in [1.29, 1.82) is 0 Å². The minimum absolute atomic E-state index is 0.0187. The average molecular weight is 506 g/mol. The minimum Gasteiger partial charge on any atom is -0.364 e. The van der Waals surface area contributed by atoms with Gasteiger partial charge in [-0.2, -0.15) is 13.2 Å². The van der Waals surface area contributed by atoms with Crippen LogP contribution in [0.2, 0.25) is 15.1 Å². The first-order chi connectivity index (χ1) is 14.6. The molecule has 0 saturated heterocycles. The van der Waals surface area contributed by atoms with Crippen LogP contribution in [0.15, 0.2) is 41.4 Å². The molecule has 0 spiro atoms. The number of halogens is 6. The molecule has 31 heavy (non-hydrogen) atoms. The van der Waals surface area contributed by atoms with Crippen LogP contribution in [0.3, 0.4) is 0 Å².